The van der Waals surface area contributed by atoms with Crippen molar-refractivity contribution in [3.05, 3.63) is 29.6 Å². The molecule has 0 spiro atoms. The summed E-state index contributed by atoms with van der Waals surface area (Å²) in [5.41, 5.74) is 1.99. The zero-order valence-corrected chi connectivity index (χ0v) is 12.3. The number of fused-ring (bicyclic) bond motifs is 2. The van der Waals surface area contributed by atoms with Gasteiger partial charge in [0.2, 0.25) is 5.91 Å². The van der Waals surface area contributed by atoms with Gasteiger partial charge < -0.3 is 10.2 Å². The molecule has 4 nitrogen and oxygen atoms in total. The van der Waals surface area contributed by atoms with Crippen molar-refractivity contribution in [1.82, 2.24) is 15.2 Å². The van der Waals surface area contributed by atoms with Crippen molar-refractivity contribution in [3.8, 4) is 0 Å². The highest BCUT2D eigenvalue weighted by Gasteiger charge is 2.43. The Labute approximate surface area is 120 Å². The maximum Gasteiger partial charge on any atom is 0.227 e. The van der Waals surface area contributed by atoms with Crippen LogP contribution in [0.15, 0.2) is 18.2 Å². The summed E-state index contributed by atoms with van der Waals surface area (Å²) in [6.45, 7) is 5.42. The fourth-order valence-electron chi connectivity index (χ4n) is 3.56. The number of amides is 1. The van der Waals surface area contributed by atoms with Gasteiger partial charge in [-0.15, -0.1) is 0 Å². The molecule has 20 heavy (non-hydrogen) atoms. The average Bonchev–Trinajstić information content (AvgIpc) is 3.06. The molecule has 2 saturated heterocycles. The Hall–Kier alpha value is -1.42. The smallest absolute Gasteiger partial charge is 0.227 e. The lowest BCUT2D eigenvalue weighted by atomic mass is 9.88. The van der Waals surface area contributed by atoms with Crippen LogP contribution in [-0.4, -0.2) is 34.4 Å². The minimum atomic E-state index is 0.179. The zero-order chi connectivity index (χ0) is 14.1. The lowest BCUT2D eigenvalue weighted by Gasteiger charge is -2.27. The average molecular weight is 273 g/mol. The highest BCUT2D eigenvalue weighted by atomic mass is 16.2. The molecular formula is C16H23N3O. The van der Waals surface area contributed by atoms with Gasteiger partial charge in [0.25, 0.3) is 0 Å². The van der Waals surface area contributed by atoms with E-state index >= 15 is 0 Å². The number of carbonyl (C=O) groups excluding carboxylic acids is 1. The van der Waals surface area contributed by atoms with Crippen molar-refractivity contribution in [1.29, 1.82) is 0 Å². The standard InChI is InChI=1S/C16H23N3O/c1-3-19(10-13-6-4-5-11(2)17-13)16(20)14-9-12-7-8-15(14)18-12/h4-6,12,14-15,18H,3,7-10H2,1-2H3. The Morgan fingerprint density at radius 1 is 1.45 bits per heavy atom. The molecule has 0 aromatic carbocycles. The molecule has 0 radical (unpaired) electrons. The van der Waals surface area contributed by atoms with Gasteiger partial charge in [0.1, 0.15) is 0 Å². The SMILES string of the molecule is CCN(Cc1cccc(C)n1)C(=O)C1CC2CCC1N2. The summed E-state index contributed by atoms with van der Waals surface area (Å²) in [4.78, 5) is 19.2. The number of rotatable bonds is 4. The lowest BCUT2D eigenvalue weighted by molar-refractivity contribution is -0.136. The second-order valence-corrected chi connectivity index (χ2v) is 6.01. The molecule has 1 aromatic rings. The van der Waals surface area contributed by atoms with E-state index in [4.69, 9.17) is 0 Å². The number of pyridine rings is 1. The van der Waals surface area contributed by atoms with Crippen LogP contribution in [0.2, 0.25) is 0 Å². The van der Waals surface area contributed by atoms with Gasteiger partial charge in [-0.05, 0) is 45.2 Å². The fraction of sp³-hybridized carbons (Fsp3) is 0.625. The van der Waals surface area contributed by atoms with Gasteiger partial charge in [-0.2, -0.15) is 0 Å². The molecule has 4 heteroatoms. The summed E-state index contributed by atoms with van der Waals surface area (Å²) in [6, 6.07) is 6.98. The maximum absolute atomic E-state index is 12.7. The molecule has 3 heterocycles. The first kappa shape index (κ1) is 13.6. The fourth-order valence-corrected chi connectivity index (χ4v) is 3.56. The highest BCUT2D eigenvalue weighted by molar-refractivity contribution is 5.80. The van der Waals surface area contributed by atoms with Crippen molar-refractivity contribution in [3.63, 3.8) is 0 Å². The molecule has 1 aromatic heterocycles. The molecule has 2 bridgehead atoms. The van der Waals surface area contributed by atoms with E-state index in [1.54, 1.807) is 0 Å². The topological polar surface area (TPSA) is 45.2 Å². The van der Waals surface area contributed by atoms with E-state index < -0.39 is 0 Å². The van der Waals surface area contributed by atoms with Crippen LogP contribution in [0.25, 0.3) is 0 Å². The van der Waals surface area contributed by atoms with E-state index in [9.17, 15) is 4.79 Å². The van der Waals surface area contributed by atoms with Gasteiger partial charge in [-0.25, -0.2) is 0 Å². The molecule has 2 fully saturated rings. The Balaban J connectivity index is 1.68. The molecule has 108 valence electrons. The second kappa shape index (κ2) is 5.52. The summed E-state index contributed by atoms with van der Waals surface area (Å²) in [5, 5.41) is 3.55. The Morgan fingerprint density at radius 3 is 2.90 bits per heavy atom. The van der Waals surface area contributed by atoms with Crippen LogP contribution in [0.5, 0.6) is 0 Å². The minimum Gasteiger partial charge on any atom is -0.337 e. The molecule has 2 aliphatic heterocycles. The van der Waals surface area contributed by atoms with E-state index in [0.29, 0.717) is 24.5 Å². The lowest BCUT2D eigenvalue weighted by Crippen LogP contribution is -2.40. The van der Waals surface area contributed by atoms with Crippen molar-refractivity contribution < 1.29 is 4.79 Å². The molecule has 3 atom stereocenters. The Kier molecular flexibility index (Phi) is 3.74. The first-order chi connectivity index (χ1) is 9.67. The number of aromatic nitrogens is 1. The highest BCUT2D eigenvalue weighted by Crippen LogP contribution is 2.34. The molecule has 0 saturated carbocycles. The normalized spacial score (nSPS) is 27.8. The van der Waals surface area contributed by atoms with Crippen LogP contribution in [0, 0.1) is 12.8 Å². The van der Waals surface area contributed by atoms with E-state index in [1.165, 1.54) is 6.42 Å². The van der Waals surface area contributed by atoms with Gasteiger partial charge in [-0.1, -0.05) is 6.07 Å². The number of nitrogens with zero attached hydrogens (tertiary/aromatic N) is 2. The number of carbonyl (C=O) groups is 1. The number of hydrogen-bond donors (Lipinski definition) is 1. The first-order valence-electron chi connectivity index (χ1n) is 7.64. The van der Waals surface area contributed by atoms with E-state index in [-0.39, 0.29) is 5.92 Å². The van der Waals surface area contributed by atoms with Crippen LogP contribution in [0.3, 0.4) is 0 Å². The monoisotopic (exact) mass is 273 g/mol. The predicted octanol–water partition coefficient (Wildman–Crippen LogP) is 1.88. The molecule has 1 N–H and O–H groups in total. The van der Waals surface area contributed by atoms with E-state index in [2.05, 4.69) is 10.3 Å². The first-order valence-corrected chi connectivity index (χ1v) is 7.64. The number of aryl methyl sites for hydroxylation is 1. The molecule has 2 aliphatic rings. The van der Waals surface area contributed by atoms with Crippen molar-refractivity contribution >= 4 is 5.91 Å². The third kappa shape index (κ3) is 2.57. The summed E-state index contributed by atoms with van der Waals surface area (Å²) in [7, 11) is 0. The molecular weight excluding hydrogens is 250 g/mol. The predicted molar refractivity (Wildman–Crippen MR) is 78.1 cm³/mol. The van der Waals surface area contributed by atoms with Crippen LogP contribution < -0.4 is 5.32 Å². The van der Waals surface area contributed by atoms with Crippen molar-refractivity contribution in [2.75, 3.05) is 6.54 Å². The molecule has 3 unspecified atom stereocenters. The number of hydrogen-bond acceptors (Lipinski definition) is 3. The Bertz CT molecular complexity index is 502. The van der Waals surface area contributed by atoms with Crippen LogP contribution >= 0.6 is 0 Å². The Morgan fingerprint density at radius 2 is 2.30 bits per heavy atom. The zero-order valence-electron chi connectivity index (χ0n) is 12.3. The second-order valence-electron chi connectivity index (χ2n) is 6.01. The van der Waals surface area contributed by atoms with Gasteiger partial charge >= 0.3 is 0 Å². The number of nitrogens with one attached hydrogen (secondary N) is 1. The van der Waals surface area contributed by atoms with Gasteiger partial charge in [0.05, 0.1) is 18.2 Å². The maximum atomic E-state index is 12.7. The third-order valence-electron chi connectivity index (χ3n) is 4.61. The van der Waals surface area contributed by atoms with E-state index in [1.807, 2.05) is 36.9 Å². The van der Waals surface area contributed by atoms with Crippen LogP contribution in [0.4, 0.5) is 0 Å². The minimum absolute atomic E-state index is 0.179. The van der Waals surface area contributed by atoms with Crippen LogP contribution in [-0.2, 0) is 11.3 Å². The van der Waals surface area contributed by atoms with Crippen molar-refractivity contribution in [2.24, 2.45) is 5.92 Å². The van der Waals surface area contributed by atoms with Crippen LogP contribution in [0.1, 0.15) is 37.6 Å². The van der Waals surface area contributed by atoms with Crippen molar-refractivity contribution in [2.45, 2.75) is 51.7 Å². The van der Waals surface area contributed by atoms with Gasteiger partial charge in [-0.3, -0.25) is 9.78 Å². The summed E-state index contributed by atoms with van der Waals surface area (Å²) < 4.78 is 0. The molecule has 3 rings (SSSR count). The van der Waals surface area contributed by atoms with Gasteiger partial charge in [0.15, 0.2) is 0 Å². The molecule has 1 amide bonds. The van der Waals surface area contributed by atoms with E-state index in [0.717, 1.165) is 30.8 Å². The quantitative estimate of drug-likeness (QED) is 0.911. The third-order valence-corrected chi connectivity index (χ3v) is 4.61. The largest absolute Gasteiger partial charge is 0.337 e. The molecule has 0 aliphatic carbocycles. The summed E-state index contributed by atoms with van der Waals surface area (Å²) in [5.74, 6) is 0.481. The van der Waals surface area contributed by atoms with Gasteiger partial charge in [0, 0.05) is 24.3 Å². The summed E-state index contributed by atoms with van der Waals surface area (Å²) >= 11 is 0. The summed E-state index contributed by atoms with van der Waals surface area (Å²) in [6.07, 6.45) is 3.41.